The van der Waals surface area contributed by atoms with Crippen LogP contribution in [0.5, 0.6) is 0 Å². The van der Waals surface area contributed by atoms with Crippen molar-refractivity contribution in [3.63, 3.8) is 0 Å². The second-order valence-corrected chi connectivity index (χ2v) is 6.97. The number of hydrogen-bond acceptors (Lipinski definition) is 4. The molecular weight excluding hydrogens is 350 g/mol. The summed E-state index contributed by atoms with van der Waals surface area (Å²) in [6, 6.07) is 20.0. The Morgan fingerprint density at radius 3 is 2.43 bits per heavy atom. The van der Waals surface area contributed by atoms with Crippen molar-refractivity contribution in [1.82, 2.24) is 19.5 Å². The van der Waals surface area contributed by atoms with Gasteiger partial charge in [-0.15, -0.1) is 0 Å². The Kier molecular flexibility index (Phi) is 4.09. The lowest BCUT2D eigenvalue weighted by Gasteiger charge is -2.22. The molecule has 1 aliphatic carbocycles. The van der Waals surface area contributed by atoms with Gasteiger partial charge in [-0.3, -0.25) is 4.79 Å². The van der Waals surface area contributed by atoms with Gasteiger partial charge in [0.15, 0.2) is 11.5 Å². The van der Waals surface area contributed by atoms with Gasteiger partial charge in [-0.05, 0) is 25.0 Å². The van der Waals surface area contributed by atoms with Crippen LogP contribution in [0, 0.1) is 0 Å². The number of anilines is 1. The first-order chi connectivity index (χ1) is 13.8. The van der Waals surface area contributed by atoms with Gasteiger partial charge in [0.2, 0.25) is 5.91 Å². The van der Waals surface area contributed by atoms with E-state index in [1.165, 1.54) is 0 Å². The van der Waals surface area contributed by atoms with Crippen LogP contribution in [-0.2, 0) is 11.3 Å². The van der Waals surface area contributed by atoms with Crippen LogP contribution in [0.1, 0.15) is 12.8 Å². The molecule has 1 amide bonds. The lowest BCUT2D eigenvalue weighted by Crippen LogP contribution is -2.35. The molecule has 0 unspecified atom stereocenters. The van der Waals surface area contributed by atoms with Gasteiger partial charge in [0.25, 0.3) is 0 Å². The molecule has 0 N–H and O–H groups in total. The third-order valence-electron chi connectivity index (χ3n) is 4.91. The van der Waals surface area contributed by atoms with Crippen molar-refractivity contribution >= 4 is 22.8 Å². The van der Waals surface area contributed by atoms with Crippen molar-refractivity contribution in [2.24, 2.45) is 0 Å². The van der Waals surface area contributed by atoms with Crippen LogP contribution in [0.25, 0.3) is 22.6 Å². The van der Waals surface area contributed by atoms with Crippen LogP contribution in [0.15, 0.2) is 73.2 Å². The van der Waals surface area contributed by atoms with Crippen molar-refractivity contribution < 1.29 is 4.79 Å². The molecule has 138 valence electrons. The fourth-order valence-corrected chi connectivity index (χ4v) is 3.40. The summed E-state index contributed by atoms with van der Waals surface area (Å²) in [6.45, 7) is 0.202. The largest absolute Gasteiger partial charge is 0.308 e. The first-order valence-electron chi connectivity index (χ1n) is 9.40. The summed E-state index contributed by atoms with van der Waals surface area (Å²) in [7, 11) is 0. The maximum Gasteiger partial charge on any atom is 0.247 e. The summed E-state index contributed by atoms with van der Waals surface area (Å²) < 4.78 is 1.81. The van der Waals surface area contributed by atoms with E-state index in [4.69, 9.17) is 0 Å². The molecule has 1 saturated carbocycles. The molecule has 5 rings (SSSR count). The van der Waals surface area contributed by atoms with Gasteiger partial charge in [0.05, 0.1) is 12.5 Å². The molecule has 0 bridgehead atoms. The van der Waals surface area contributed by atoms with Crippen molar-refractivity contribution in [2.75, 3.05) is 4.90 Å². The summed E-state index contributed by atoms with van der Waals surface area (Å²) >= 11 is 0. The van der Waals surface area contributed by atoms with Crippen LogP contribution in [0.2, 0.25) is 0 Å². The third kappa shape index (κ3) is 3.13. The number of hydrogen-bond donors (Lipinski definition) is 0. The number of rotatable bonds is 5. The Balaban J connectivity index is 1.47. The quantitative estimate of drug-likeness (QED) is 0.538. The molecule has 0 aliphatic heterocycles. The van der Waals surface area contributed by atoms with E-state index in [9.17, 15) is 4.79 Å². The van der Waals surface area contributed by atoms with E-state index < -0.39 is 0 Å². The van der Waals surface area contributed by atoms with Gasteiger partial charge in [0, 0.05) is 17.3 Å². The molecule has 2 heterocycles. The monoisotopic (exact) mass is 369 g/mol. The molecule has 0 atom stereocenters. The van der Waals surface area contributed by atoms with Gasteiger partial charge in [-0.25, -0.2) is 15.0 Å². The Morgan fingerprint density at radius 1 is 1.00 bits per heavy atom. The summed E-state index contributed by atoms with van der Waals surface area (Å²) in [5, 5.41) is 0. The highest BCUT2D eigenvalue weighted by atomic mass is 16.2. The Labute approximate surface area is 162 Å². The number of carbonyl (C=O) groups excluding carboxylic acids is 1. The lowest BCUT2D eigenvalue weighted by atomic mass is 10.2. The number of imidazole rings is 1. The standard InChI is InChI=1S/C22H19N5O/c28-20(27(18-11-12-18)17-9-5-2-6-10-17)14-26-15-24-19-13-23-21(25-22(19)26)16-7-3-1-4-8-16/h1-10,13,15,18H,11-12,14H2. The number of para-hydroxylation sites is 1. The molecule has 28 heavy (non-hydrogen) atoms. The van der Waals surface area contributed by atoms with Crippen molar-refractivity contribution in [2.45, 2.75) is 25.4 Å². The first kappa shape index (κ1) is 16.6. The van der Waals surface area contributed by atoms with Crippen LogP contribution in [-0.4, -0.2) is 31.5 Å². The van der Waals surface area contributed by atoms with E-state index in [0.29, 0.717) is 23.0 Å². The summed E-state index contributed by atoms with van der Waals surface area (Å²) in [4.78, 5) is 28.5. The topological polar surface area (TPSA) is 63.9 Å². The van der Waals surface area contributed by atoms with Crippen LogP contribution < -0.4 is 4.90 Å². The summed E-state index contributed by atoms with van der Waals surface area (Å²) in [6.07, 6.45) is 5.47. The van der Waals surface area contributed by atoms with Crippen LogP contribution in [0.4, 0.5) is 5.69 Å². The maximum atomic E-state index is 13.1. The van der Waals surface area contributed by atoms with E-state index in [1.807, 2.05) is 70.1 Å². The number of nitrogens with zero attached hydrogens (tertiary/aromatic N) is 5. The minimum Gasteiger partial charge on any atom is -0.308 e. The Bertz CT molecular complexity index is 1120. The molecule has 0 radical (unpaired) electrons. The lowest BCUT2D eigenvalue weighted by molar-refractivity contribution is -0.119. The predicted octanol–water partition coefficient (Wildman–Crippen LogP) is 3.69. The van der Waals surface area contributed by atoms with Crippen molar-refractivity contribution in [1.29, 1.82) is 0 Å². The van der Waals surface area contributed by atoms with Gasteiger partial charge in [-0.2, -0.15) is 0 Å². The van der Waals surface area contributed by atoms with E-state index >= 15 is 0 Å². The van der Waals surface area contributed by atoms with Crippen LogP contribution >= 0.6 is 0 Å². The molecule has 0 spiro atoms. The highest BCUT2D eigenvalue weighted by molar-refractivity contribution is 5.95. The zero-order valence-electron chi connectivity index (χ0n) is 15.3. The minimum absolute atomic E-state index is 0.0490. The van der Waals surface area contributed by atoms with Gasteiger partial charge < -0.3 is 9.47 Å². The number of benzene rings is 2. The average Bonchev–Trinajstić information content (AvgIpc) is 3.50. The molecule has 2 aromatic heterocycles. The van der Waals surface area contributed by atoms with Crippen molar-refractivity contribution in [3.05, 3.63) is 73.2 Å². The molecule has 6 heteroatoms. The smallest absolute Gasteiger partial charge is 0.247 e. The fourth-order valence-electron chi connectivity index (χ4n) is 3.40. The molecule has 1 fully saturated rings. The number of carbonyl (C=O) groups is 1. The molecule has 4 aromatic rings. The van der Waals surface area contributed by atoms with E-state index in [1.54, 1.807) is 12.5 Å². The highest BCUT2D eigenvalue weighted by Gasteiger charge is 2.33. The summed E-state index contributed by atoms with van der Waals surface area (Å²) in [5.41, 5.74) is 3.24. The molecule has 0 saturated heterocycles. The van der Waals surface area contributed by atoms with Gasteiger partial charge in [0.1, 0.15) is 12.1 Å². The predicted molar refractivity (Wildman–Crippen MR) is 108 cm³/mol. The summed E-state index contributed by atoms with van der Waals surface area (Å²) in [5.74, 6) is 0.678. The van der Waals surface area contributed by atoms with Gasteiger partial charge in [-0.1, -0.05) is 48.5 Å². The van der Waals surface area contributed by atoms with Gasteiger partial charge >= 0.3 is 0 Å². The zero-order valence-corrected chi connectivity index (χ0v) is 15.3. The number of amides is 1. The highest BCUT2D eigenvalue weighted by Crippen LogP contribution is 2.32. The molecule has 6 nitrogen and oxygen atoms in total. The van der Waals surface area contributed by atoms with E-state index in [-0.39, 0.29) is 12.5 Å². The Morgan fingerprint density at radius 2 is 1.71 bits per heavy atom. The first-order valence-corrected chi connectivity index (χ1v) is 9.40. The zero-order chi connectivity index (χ0) is 18.9. The van der Waals surface area contributed by atoms with E-state index in [2.05, 4.69) is 15.0 Å². The number of fused-ring (bicyclic) bond motifs is 1. The third-order valence-corrected chi connectivity index (χ3v) is 4.91. The van der Waals surface area contributed by atoms with E-state index in [0.717, 1.165) is 24.1 Å². The van der Waals surface area contributed by atoms with Crippen LogP contribution in [0.3, 0.4) is 0 Å². The Hall–Kier alpha value is -3.54. The second kappa shape index (κ2) is 6.88. The molecule has 1 aliphatic rings. The number of aromatic nitrogens is 4. The second-order valence-electron chi connectivity index (χ2n) is 6.97. The average molecular weight is 369 g/mol. The SMILES string of the molecule is O=C(Cn1cnc2cnc(-c3ccccc3)nc21)N(c1ccccc1)C1CC1. The van der Waals surface area contributed by atoms with Crippen molar-refractivity contribution in [3.8, 4) is 11.4 Å². The molecule has 2 aromatic carbocycles. The fraction of sp³-hybridized carbons (Fsp3) is 0.182. The maximum absolute atomic E-state index is 13.1. The minimum atomic E-state index is 0.0490. The normalized spacial score (nSPS) is 13.6. The molecular formula is C22H19N5O.